The van der Waals surface area contributed by atoms with Crippen molar-refractivity contribution in [1.82, 2.24) is 10.2 Å². The number of nitrogens with one attached hydrogen (secondary N) is 1. The normalized spacial score (nSPS) is 10.3. The van der Waals surface area contributed by atoms with Crippen LogP contribution < -0.4 is 16.0 Å². The number of nitrogens with two attached hydrogens (primary N) is 1. The highest BCUT2D eigenvalue weighted by Gasteiger charge is 2.19. The Morgan fingerprint density at radius 1 is 1.45 bits per heavy atom. The van der Waals surface area contributed by atoms with E-state index in [-0.39, 0.29) is 18.0 Å². The molecule has 20 heavy (non-hydrogen) atoms. The first-order chi connectivity index (χ1) is 9.51. The van der Waals surface area contributed by atoms with E-state index >= 15 is 0 Å². The summed E-state index contributed by atoms with van der Waals surface area (Å²) in [7, 11) is 0. The Morgan fingerprint density at radius 2 is 2.20 bits per heavy atom. The van der Waals surface area contributed by atoms with Crippen LogP contribution in [0.25, 0.3) is 0 Å². The molecule has 0 aliphatic rings. The van der Waals surface area contributed by atoms with Crippen LogP contribution in [0.1, 0.15) is 16.1 Å². The molecule has 0 saturated carbocycles. The number of benzene rings is 1. The van der Waals surface area contributed by atoms with E-state index < -0.39 is 4.92 Å². The minimum atomic E-state index is -0.456. The first-order valence-electron chi connectivity index (χ1n) is 5.68. The van der Waals surface area contributed by atoms with Crippen molar-refractivity contribution in [2.24, 2.45) is 5.84 Å². The van der Waals surface area contributed by atoms with E-state index in [1.807, 2.05) is 6.07 Å². The maximum Gasteiger partial charge on any atom is 0.311 e. The van der Waals surface area contributed by atoms with Gasteiger partial charge in [-0.2, -0.15) is 0 Å². The van der Waals surface area contributed by atoms with Gasteiger partial charge in [-0.15, -0.1) is 10.2 Å². The third kappa shape index (κ3) is 3.00. The maximum atomic E-state index is 11.1. The van der Waals surface area contributed by atoms with E-state index in [1.54, 1.807) is 13.8 Å². The number of nitro benzene ring substituents is 1. The molecule has 2 aromatic rings. The Morgan fingerprint density at radius 3 is 2.80 bits per heavy atom. The predicted molar refractivity (Wildman–Crippen MR) is 74.6 cm³/mol. The average molecular weight is 295 g/mol. The summed E-state index contributed by atoms with van der Waals surface area (Å²) in [6.07, 6.45) is 0. The van der Waals surface area contributed by atoms with E-state index in [1.165, 1.54) is 17.4 Å². The summed E-state index contributed by atoms with van der Waals surface area (Å²) >= 11 is 1.22. The molecule has 0 radical (unpaired) electrons. The lowest BCUT2D eigenvalue weighted by Gasteiger charge is -2.09. The van der Waals surface area contributed by atoms with Crippen molar-refractivity contribution in [1.29, 1.82) is 0 Å². The largest absolute Gasteiger partial charge is 0.479 e. The van der Waals surface area contributed by atoms with Crippen LogP contribution in [0.4, 0.5) is 10.8 Å². The van der Waals surface area contributed by atoms with Gasteiger partial charge in [0.15, 0.2) is 10.8 Å². The van der Waals surface area contributed by atoms with Crippen LogP contribution in [0.15, 0.2) is 12.1 Å². The molecule has 0 aliphatic carbocycles. The number of ether oxygens (including phenoxy) is 1. The molecule has 1 aromatic carbocycles. The zero-order valence-electron chi connectivity index (χ0n) is 10.9. The van der Waals surface area contributed by atoms with Crippen molar-refractivity contribution in [3.63, 3.8) is 0 Å². The zero-order valence-corrected chi connectivity index (χ0v) is 11.7. The van der Waals surface area contributed by atoms with Crippen LogP contribution in [0.3, 0.4) is 0 Å². The highest BCUT2D eigenvalue weighted by Crippen LogP contribution is 2.32. The van der Waals surface area contributed by atoms with Crippen molar-refractivity contribution in [2.45, 2.75) is 20.5 Å². The van der Waals surface area contributed by atoms with Crippen LogP contribution in [-0.2, 0) is 6.61 Å². The van der Waals surface area contributed by atoms with Crippen molar-refractivity contribution in [3.8, 4) is 5.75 Å². The minimum Gasteiger partial charge on any atom is -0.479 e. The number of hydrogen-bond acceptors (Lipinski definition) is 8. The second kappa shape index (κ2) is 5.80. The molecule has 0 spiro atoms. The maximum absolute atomic E-state index is 11.1. The molecular formula is C11H13N5O3S. The van der Waals surface area contributed by atoms with Gasteiger partial charge in [-0.25, -0.2) is 5.84 Å². The molecule has 0 unspecified atom stereocenters. The topological polar surface area (TPSA) is 116 Å². The van der Waals surface area contributed by atoms with Crippen LogP contribution in [-0.4, -0.2) is 15.1 Å². The van der Waals surface area contributed by atoms with E-state index in [9.17, 15) is 10.1 Å². The number of anilines is 1. The number of rotatable bonds is 5. The minimum absolute atomic E-state index is 0.0517. The van der Waals surface area contributed by atoms with Crippen LogP contribution >= 0.6 is 11.3 Å². The second-order valence-electron chi connectivity index (χ2n) is 4.12. The second-order valence-corrected chi connectivity index (χ2v) is 5.18. The molecule has 8 nitrogen and oxygen atoms in total. The van der Waals surface area contributed by atoms with Gasteiger partial charge in [-0.1, -0.05) is 17.4 Å². The Hall–Kier alpha value is -2.26. The van der Waals surface area contributed by atoms with E-state index in [2.05, 4.69) is 15.6 Å². The number of nitrogens with zero attached hydrogens (tertiary/aromatic N) is 3. The summed E-state index contributed by atoms with van der Waals surface area (Å²) in [6, 6.07) is 3.31. The number of hydrogen-bond donors (Lipinski definition) is 2. The molecule has 0 atom stereocenters. The molecular weight excluding hydrogens is 282 g/mol. The van der Waals surface area contributed by atoms with Gasteiger partial charge in [0.05, 0.1) is 4.92 Å². The lowest BCUT2D eigenvalue weighted by Crippen LogP contribution is -2.05. The fraction of sp³-hybridized carbons (Fsp3) is 0.273. The lowest BCUT2D eigenvalue weighted by molar-refractivity contribution is -0.386. The van der Waals surface area contributed by atoms with E-state index in [0.717, 1.165) is 5.56 Å². The van der Waals surface area contributed by atoms with Gasteiger partial charge in [0.1, 0.15) is 6.61 Å². The molecule has 0 bridgehead atoms. The zero-order chi connectivity index (χ0) is 14.7. The number of nitrogen functional groups attached to an aromatic ring is 1. The summed E-state index contributed by atoms with van der Waals surface area (Å²) in [6.45, 7) is 3.67. The molecule has 0 saturated heterocycles. The monoisotopic (exact) mass is 295 g/mol. The van der Waals surface area contributed by atoms with Crippen molar-refractivity contribution >= 4 is 22.2 Å². The van der Waals surface area contributed by atoms with Gasteiger partial charge >= 0.3 is 5.69 Å². The summed E-state index contributed by atoms with van der Waals surface area (Å²) < 4.78 is 5.53. The van der Waals surface area contributed by atoms with Gasteiger partial charge in [0, 0.05) is 6.07 Å². The first-order valence-corrected chi connectivity index (χ1v) is 6.50. The quantitative estimate of drug-likeness (QED) is 0.491. The average Bonchev–Trinajstić information content (AvgIpc) is 2.84. The smallest absolute Gasteiger partial charge is 0.311 e. The third-order valence-electron chi connectivity index (χ3n) is 2.53. The molecule has 0 fully saturated rings. The highest BCUT2D eigenvalue weighted by atomic mass is 32.1. The Bertz CT molecular complexity index is 643. The van der Waals surface area contributed by atoms with E-state index in [0.29, 0.717) is 15.7 Å². The predicted octanol–water partition coefficient (Wildman–Crippen LogP) is 1.93. The number of nitro groups is 1. The fourth-order valence-corrected chi connectivity index (χ4v) is 2.32. The van der Waals surface area contributed by atoms with Crippen molar-refractivity contribution in [3.05, 3.63) is 38.4 Å². The van der Waals surface area contributed by atoms with Gasteiger partial charge in [0.25, 0.3) is 0 Å². The van der Waals surface area contributed by atoms with Gasteiger partial charge in [-0.3, -0.25) is 15.5 Å². The summed E-state index contributed by atoms with van der Waals surface area (Å²) in [5.41, 5.74) is 3.84. The van der Waals surface area contributed by atoms with Crippen LogP contribution in [0.5, 0.6) is 5.75 Å². The molecule has 3 N–H and O–H groups in total. The van der Waals surface area contributed by atoms with Crippen LogP contribution in [0.2, 0.25) is 0 Å². The van der Waals surface area contributed by atoms with E-state index in [4.69, 9.17) is 10.6 Å². The van der Waals surface area contributed by atoms with Gasteiger partial charge < -0.3 is 4.74 Å². The molecule has 9 heteroatoms. The number of hydrazine groups is 1. The Kier molecular flexibility index (Phi) is 4.11. The summed E-state index contributed by atoms with van der Waals surface area (Å²) in [5.74, 6) is 5.45. The van der Waals surface area contributed by atoms with Crippen molar-refractivity contribution in [2.75, 3.05) is 5.43 Å². The number of aromatic nitrogens is 2. The SMILES string of the molecule is Cc1cc(C)c(OCc2nnc(NN)s2)c([N+](=O)[O-])c1. The van der Waals surface area contributed by atoms with Gasteiger partial charge in [0.2, 0.25) is 5.13 Å². The molecule has 1 aromatic heterocycles. The molecule has 0 aliphatic heterocycles. The summed E-state index contributed by atoms with van der Waals surface area (Å²) in [5, 5.41) is 19.7. The fourth-order valence-electron chi connectivity index (χ4n) is 1.76. The third-order valence-corrected chi connectivity index (χ3v) is 3.35. The molecule has 1 heterocycles. The Labute approximate surface area is 118 Å². The van der Waals surface area contributed by atoms with Crippen molar-refractivity contribution < 1.29 is 9.66 Å². The van der Waals surface area contributed by atoms with Crippen LogP contribution in [0, 0.1) is 24.0 Å². The molecule has 0 amide bonds. The number of aryl methyl sites for hydroxylation is 2. The van der Waals surface area contributed by atoms with Gasteiger partial charge in [-0.05, 0) is 25.0 Å². The standard InChI is InChI=1S/C11H13N5O3S/c1-6-3-7(2)10(8(4-6)16(17)18)19-5-9-14-15-11(13-12)20-9/h3-4H,5,12H2,1-2H3,(H,13,15). The molecule has 106 valence electrons. The highest BCUT2D eigenvalue weighted by molar-refractivity contribution is 7.15. The first kappa shape index (κ1) is 14.2. The Balaban J connectivity index is 2.22. The molecule has 2 rings (SSSR count). The summed E-state index contributed by atoms with van der Waals surface area (Å²) in [4.78, 5) is 10.6. The lowest BCUT2D eigenvalue weighted by atomic mass is 10.1.